The van der Waals surface area contributed by atoms with Crippen molar-refractivity contribution >= 4 is 11.8 Å². The largest absolute Gasteiger partial charge is 0.493 e. The molecule has 1 aromatic heterocycles. The first-order chi connectivity index (χ1) is 16.1. The summed E-state index contributed by atoms with van der Waals surface area (Å²) in [6.45, 7) is 4.00. The number of hydrogen-bond acceptors (Lipinski definition) is 8. The number of methoxy groups -OCH3 is 3. The first-order valence-corrected chi connectivity index (χ1v) is 11.6. The van der Waals surface area contributed by atoms with Crippen molar-refractivity contribution in [3.8, 4) is 17.2 Å². The van der Waals surface area contributed by atoms with E-state index >= 15 is 0 Å². The molecule has 10 heteroatoms. The van der Waals surface area contributed by atoms with E-state index in [0.29, 0.717) is 23.1 Å². The van der Waals surface area contributed by atoms with Gasteiger partial charge in [0.1, 0.15) is 0 Å². The molecule has 0 bridgehead atoms. The highest BCUT2D eigenvalue weighted by Gasteiger charge is 2.29. The van der Waals surface area contributed by atoms with Gasteiger partial charge in [0.25, 0.3) is 6.20 Å². The minimum absolute atomic E-state index is 0.0340. The lowest BCUT2D eigenvalue weighted by molar-refractivity contribution is -0.759. The van der Waals surface area contributed by atoms with Gasteiger partial charge in [-0.15, -0.1) is 0 Å². The van der Waals surface area contributed by atoms with E-state index in [0.717, 1.165) is 64.0 Å². The second-order valence-electron chi connectivity index (χ2n) is 8.53. The zero-order chi connectivity index (χ0) is 23.2. The van der Waals surface area contributed by atoms with Crippen LogP contribution in [0.3, 0.4) is 0 Å². The smallest absolute Gasteiger partial charge is 0.305 e. The summed E-state index contributed by atoms with van der Waals surface area (Å²) < 4.78 is 21.9. The van der Waals surface area contributed by atoms with Gasteiger partial charge in [-0.1, -0.05) is 25.3 Å². The molecule has 10 nitrogen and oxygen atoms in total. The second-order valence-corrected chi connectivity index (χ2v) is 8.53. The molecule has 1 aliphatic carbocycles. The maximum absolute atomic E-state index is 12.5. The Kier molecular flexibility index (Phi) is 7.54. The molecular weight excluding hydrogens is 426 g/mol. The van der Waals surface area contributed by atoms with Gasteiger partial charge in [0, 0.05) is 31.1 Å². The van der Waals surface area contributed by atoms with Crippen LogP contribution in [0.4, 0.5) is 5.88 Å². The molecule has 2 fully saturated rings. The summed E-state index contributed by atoms with van der Waals surface area (Å²) in [6.07, 6.45) is 7.10. The Morgan fingerprint density at radius 2 is 1.79 bits per heavy atom. The van der Waals surface area contributed by atoms with Gasteiger partial charge in [-0.3, -0.25) is 19.5 Å². The molecule has 0 radical (unpaired) electrons. The average Bonchev–Trinajstić information content (AvgIpc) is 3.33. The lowest BCUT2D eigenvalue weighted by atomic mass is 9.89. The number of rotatable bonds is 8. The van der Waals surface area contributed by atoms with Gasteiger partial charge < -0.3 is 14.2 Å². The Labute approximate surface area is 194 Å². The zero-order valence-corrected chi connectivity index (χ0v) is 19.7. The van der Waals surface area contributed by atoms with Crippen LogP contribution in [-0.4, -0.2) is 63.6 Å². The molecule has 2 heterocycles. The van der Waals surface area contributed by atoms with Crippen molar-refractivity contribution in [1.82, 2.24) is 10.2 Å². The quantitative estimate of drug-likeness (QED) is 0.598. The molecule has 1 N–H and O–H groups in total. The molecule has 1 aromatic carbocycles. The van der Waals surface area contributed by atoms with Gasteiger partial charge in [0.05, 0.1) is 39.2 Å². The van der Waals surface area contributed by atoms with Gasteiger partial charge >= 0.3 is 5.88 Å². The van der Waals surface area contributed by atoms with E-state index < -0.39 is 0 Å². The van der Waals surface area contributed by atoms with Crippen LogP contribution in [0.15, 0.2) is 22.9 Å². The fourth-order valence-corrected chi connectivity index (χ4v) is 4.64. The lowest BCUT2D eigenvalue weighted by Crippen LogP contribution is -2.65. The third-order valence-electron chi connectivity index (χ3n) is 6.50. The Morgan fingerprint density at radius 3 is 2.45 bits per heavy atom. The summed E-state index contributed by atoms with van der Waals surface area (Å²) in [5.41, 5.74) is 1.05. The van der Waals surface area contributed by atoms with E-state index in [1.807, 2.05) is 12.1 Å². The number of piperazine rings is 1. The van der Waals surface area contributed by atoms with Crippen molar-refractivity contribution in [1.29, 1.82) is 0 Å². The standard InChI is InChI=1S/C23H33N5O5/c1-30-19-10-9-18(21(31-2)22(19)32-3)15-26-11-13-27(14-12-26)28-16-20(33-25-28)24-23(29)17-7-5-4-6-8-17/h9-10,16-17H,4-8,11-15H2,1-3H3/p+1. The number of amides is 1. The molecule has 1 saturated heterocycles. The van der Waals surface area contributed by atoms with E-state index in [1.54, 1.807) is 32.3 Å². The SMILES string of the molecule is COc1ccc(CN2CCN([n+]3cc(NC(=O)C4CCCCC4)on3)CC2)c(OC)c1OC. The topological polar surface area (TPSA) is 93.2 Å². The summed E-state index contributed by atoms with van der Waals surface area (Å²) >= 11 is 0. The Morgan fingerprint density at radius 1 is 1.06 bits per heavy atom. The van der Waals surface area contributed by atoms with Crippen LogP contribution < -0.4 is 29.3 Å². The highest BCUT2D eigenvalue weighted by atomic mass is 16.5. The van der Waals surface area contributed by atoms with Crippen LogP contribution in [0.25, 0.3) is 0 Å². The predicted molar refractivity (Wildman–Crippen MR) is 121 cm³/mol. The Bertz CT molecular complexity index is 935. The van der Waals surface area contributed by atoms with Crippen LogP contribution in [0.1, 0.15) is 37.7 Å². The molecule has 2 aliphatic rings. The van der Waals surface area contributed by atoms with Crippen LogP contribution in [0.5, 0.6) is 17.2 Å². The minimum Gasteiger partial charge on any atom is -0.493 e. The van der Waals surface area contributed by atoms with E-state index in [-0.39, 0.29) is 11.8 Å². The fraction of sp³-hybridized carbons (Fsp3) is 0.609. The van der Waals surface area contributed by atoms with Gasteiger partial charge in [0.15, 0.2) is 11.5 Å². The maximum Gasteiger partial charge on any atom is 0.305 e. The highest BCUT2D eigenvalue weighted by molar-refractivity contribution is 5.91. The molecule has 0 atom stereocenters. The molecule has 2 aromatic rings. The first-order valence-electron chi connectivity index (χ1n) is 11.6. The van der Waals surface area contributed by atoms with Crippen molar-refractivity contribution in [3.05, 3.63) is 23.9 Å². The van der Waals surface area contributed by atoms with Crippen molar-refractivity contribution in [2.24, 2.45) is 5.92 Å². The molecule has 0 unspecified atom stereocenters. The van der Waals surface area contributed by atoms with Crippen LogP contribution >= 0.6 is 0 Å². The molecule has 33 heavy (non-hydrogen) atoms. The first kappa shape index (κ1) is 23.2. The predicted octanol–water partition coefficient (Wildman–Crippen LogP) is 1.96. The van der Waals surface area contributed by atoms with Crippen molar-refractivity contribution in [2.75, 3.05) is 57.8 Å². The van der Waals surface area contributed by atoms with Gasteiger partial charge in [-0.05, 0) is 18.9 Å². The summed E-state index contributed by atoms with van der Waals surface area (Å²) in [5.74, 6) is 2.46. The van der Waals surface area contributed by atoms with Crippen molar-refractivity contribution in [3.63, 3.8) is 0 Å². The van der Waals surface area contributed by atoms with E-state index in [4.69, 9.17) is 18.7 Å². The summed E-state index contributed by atoms with van der Waals surface area (Å²) in [4.78, 5) is 16.5. The van der Waals surface area contributed by atoms with Crippen LogP contribution in [0, 0.1) is 5.92 Å². The minimum atomic E-state index is 0.0340. The normalized spacial score (nSPS) is 17.6. The number of carbonyl (C=O) groups is 1. The number of aromatic nitrogens is 2. The molecular formula is C23H34N5O5+. The molecule has 180 valence electrons. The summed E-state index contributed by atoms with van der Waals surface area (Å²) in [6, 6.07) is 3.92. The number of carbonyl (C=O) groups excluding carboxylic acids is 1. The zero-order valence-electron chi connectivity index (χ0n) is 19.7. The number of hydrogen-bond donors (Lipinski definition) is 1. The molecule has 1 amide bonds. The van der Waals surface area contributed by atoms with Gasteiger partial charge in [-0.2, -0.15) is 5.01 Å². The maximum atomic E-state index is 12.5. The average molecular weight is 461 g/mol. The monoisotopic (exact) mass is 460 g/mol. The molecule has 1 saturated carbocycles. The number of ether oxygens (including phenoxy) is 3. The number of nitrogens with one attached hydrogen (secondary N) is 1. The van der Waals surface area contributed by atoms with Crippen LogP contribution in [0.2, 0.25) is 0 Å². The summed E-state index contributed by atoms with van der Waals surface area (Å²) in [5, 5.41) is 9.08. The van der Waals surface area contributed by atoms with Crippen molar-refractivity contribution < 1.29 is 28.3 Å². The Balaban J connectivity index is 1.32. The fourth-order valence-electron chi connectivity index (χ4n) is 4.64. The highest BCUT2D eigenvalue weighted by Crippen LogP contribution is 2.40. The molecule has 4 rings (SSSR count). The van der Waals surface area contributed by atoms with E-state index in [2.05, 4.69) is 20.5 Å². The lowest BCUT2D eigenvalue weighted by Gasteiger charge is -2.30. The molecule has 1 aliphatic heterocycles. The summed E-state index contributed by atoms with van der Waals surface area (Å²) in [7, 11) is 4.87. The molecule has 0 spiro atoms. The second kappa shape index (κ2) is 10.7. The Hall–Kier alpha value is -3.01. The van der Waals surface area contributed by atoms with Crippen LogP contribution in [-0.2, 0) is 11.3 Å². The van der Waals surface area contributed by atoms with E-state index in [9.17, 15) is 4.79 Å². The third kappa shape index (κ3) is 5.32. The van der Waals surface area contributed by atoms with Crippen molar-refractivity contribution in [2.45, 2.75) is 38.6 Å². The van der Waals surface area contributed by atoms with E-state index in [1.165, 1.54) is 6.42 Å². The third-order valence-corrected chi connectivity index (χ3v) is 6.50. The number of anilines is 1. The number of benzene rings is 1. The number of nitrogens with zero attached hydrogens (tertiary/aromatic N) is 4. The van der Waals surface area contributed by atoms with Gasteiger partial charge in [0.2, 0.25) is 16.9 Å². The van der Waals surface area contributed by atoms with Gasteiger partial charge in [-0.25, -0.2) is 0 Å².